The van der Waals surface area contributed by atoms with Crippen LogP contribution in [0.1, 0.15) is 13.3 Å². The van der Waals surface area contributed by atoms with E-state index in [0.29, 0.717) is 0 Å². The molecule has 0 heterocycles. The first-order valence-corrected chi connectivity index (χ1v) is 5.87. The lowest BCUT2D eigenvalue weighted by Gasteiger charge is -1.96. The summed E-state index contributed by atoms with van der Waals surface area (Å²) in [4.78, 5) is 21.6. The SMILES string of the molecule is CSC(=CC(=O)CC(C)=O)SC. The van der Waals surface area contributed by atoms with Gasteiger partial charge in [-0.05, 0) is 19.4 Å². The smallest absolute Gasteiger partial charge is 0.164 e. The molecule has 0 rings (SSSR count). The van der Waals surface area contributed by atoms with E-state index in [4.69, 9.17) is 0 Å². The molecule has 0 radical (unpaired) electrons. The lowest BCUT2D eigenvalue weighted by molar-refractivity contribution is -0.123. The Balaban J connectivity index is 4.11. The van der Waals surface area contributed by atoms with E-state index in [1.54, 1.807) is 0 Å². The van der Waals surface area contributed by atoms with Gasteiger partial charge in [-0.25, -0.2) is 0 Å². The molecule has 0 saturated carbocycles. The van der Waals surface area contributed by atoms with Crippen LogP contribution in [-0.2, 0) is 9.59 Å². The topological polar surface area (TPSA) is 34.1 Å². The van der Waals surface area contributed by atoms with Crippen molar-refractivity contribution in [3.8, 4) is 0 Å². The molecule has 0 atom stereocenters. The van der Waals surface area contributed by atoms with Crippen LogP contribution in [0, 0.1) is 0 Å². The van der Waals surface area contributed by atoms with Crippen molar-refractivity contribution in [2.75, 3.05) is 12.5 Å². The molecule has 68 valence electrons. The third kappa shape index (κ3) is 5.43. The zero-order chi connectivity index (χ0) is 9.56. The second-order valence-corrected chi connectivity index (χ2v) is 4.17. The number of carbonyl (C=O) groups excluding carboxylic acids is 2. The molecule has 0 N–H and O–H groups in total. The summed E-state index contributed by atoms with van der Waals surface area (Å²) in [6.45, 7) is 1.42. The van der Waals surface area contributed by atoms with Gasteiger partial charge in [-0.3, -0.25) is 9.59 Å². The number of Topliss-reactive ketones (excluding diaryl/α,β-unsaturated/α-hetero) is 1. The van der Waals surface area contributed by atoms with Crippen LogP contribution < -0.4 is 0 Å². The maximum absolute atomic E-state index is 11.1. The highest BCUT2D eigenvalue weighted by Gasteiger charge is 2.03. The first kappa shape index (κ1) is 11.8. The zero-order valence-electron chi connectivity index (χ0n) is 7.42. The Bertz CT molecular complexity index is 203. The maximum Gasteiger partial charge on any atom is 0.164 e. The molecule has 0 aliphatic heterocycles. The third-order valence-corrected chi connectivity index (χ3v) is 3.14. The molecule has 0 aromatic heterocycles. The predicted octanol–water partition coefficient (Wildman–Crippen LogP) is 2.10. The third-order valence-electron chi connectivity index (χ3n) is 1.10. The van der Waals surface area contributed by atoms with Crippen molar-refractivity contribution in [2.45, 2.75) is 13.3 Å². The summed E-state index contributed by atoms with van der Waals surface area (Å²) in [7, 11) is 0. The fourth-order valence-corrected chi connectivity index (χ4v) is 1.79. The second kappa shape index (κ2) is 6.31. The first-order chi connectivity index (χ1) is 5.60. The standard InChI is InChI=1S/C8H12O2S2/c1-6(9)4-7(10)5-8(11-2)12-3/h5H,4H2,1-3H3. The lowest BCUT2D eigenvalue weighted by Crippen LogP contribution is -2.00. The van der Waals surface area contributed by atoms with E-state index in [9.17, 15) is 9.59 Å². The molecule has 0 spiro atoms. The van der Waals surface area contributed by atoms with Crippen molar-refractivity contribution in [2.24, 2.45) is 0 Å². The van der Waals surface area contributed by atoms with Gasteiger partial charge in [0.2, 0.25) is 0 Å². The van der Waals surface area contributed by atoms with Gasteiger partial charge >= 0.3 is 0 Å². The summed E-state index contributed by atoms with van der Waals surface area (Å²) in [5.41, 5.74) is 0. The molecule has 0 bridgehead atoms. The van der Waals surface area contributed by atoms with Gasteiger partial charge in [0.15, 0.2) is 5.78 Å². The quantitative estimate of drug-likeness (QED) is 0.507. The summed E-state index contributed by atoms with van der Waals surface area (Å²) >= 11 is 3.03. The predicted molar refractivity (Wildman–Crippen MR) is 55.4 cm³/mol. The second-order valence-electron chi connectivity index (χ2n) is 2.22. The van der Waals surface area contributed by atoms with E-state index >= 15 is 0 Å². The highest BCUT2D eigenvalue weighted by Crippen LogP contribution is 2.23. The van der Waals surface area contributed by atoms with E-state index in [2.05, 4.69) is 0 Å². The van der Waals surface area contributed by atoms with Crippen LogP contribution in [0.3, 0.4) is 0 Å². The number of ketones is 2. The fraction of sp³-hybridized carbons (Fsp3) is 0.500. The Morgan fingerprint density at radius 3 is 2.08 bits per heavy atom. The molecule has 2 nitrogen and oxygen atoms in total. The van der Waals surface area contributed by atoms with Crippen molar-refractivity contribution >= 4 is 35.1 Å². The normalized spacial score (nSPS) is 9.25. The molecule has 0 amide bonds. The first-order valence-electron chi connectivity index (χ1n) is 3.42. The van der Waals surface area contributed by atoms with E-state index in [1.165, 1.54) is 36.5 Å². The Morgan fingerprint density at radius 2 is 1.75 bits per heavy atom. The summed E-state index contributed by atoms with van der Waals surface area (Å²) in [6, 6.07) is 0. The van der Waals surface area contributed by atoms with Gasteiger partial charge in [0.25, 0.3) is 0 Å². The van der Waals surface area contributed by atoms with Crippen LogP contribution in [0.25, 0.3) is 0 Å². The lowest BCUT2D eigenvalue weighted by atomic mass is 10.2. The Kier molecular flexibility index (Phi) is 6.20. The summed E-state index contributed by atoms with van der Waals surface area (Å²) in [5, 5.41) is 0. The summed E-state index contributed by atoms with van der Waals surface area (Å²) in [5.74, 6) is -0.195. The molecule has 0 fully saturated rings. The van der Waals surface area contributed by atoms with Crippen molar-refractivity contribution in [1.82, 2.24) is 0 Å². The van der Waals surface area contributed by atoms with E-state index < -0.39 is 0 Å². The van der Waals surface area contributed by atoms with Gasteiger partial charge in [0, 0.05) is 10.3 Å². The highest BCUT2D eigenvalue weighted by atomic mass is 32.2. The van der Waals surface area contributed by atoms with Gasteiger partial charge in [-0.1, -0.05) is 0 Å². The minimum Gasteiger partial charge on any atom is -0.300 e. The maximum atomic E-state index is 11.1. The van der Waals surface area contributed by atoms with Gasteiger partial charge < -0.3 is 0 Å². The van der Waals surface area contributed by atoms with Crippen LogP contribution in [0.5, 0.6) is 0 Å². The van der Waals surface area contributed by atoms with Crippen molar-refractivity contribution in [1.29, 1.82) is 0 Å². The van der Waals surface area contributed by atoms with Gasteiger partial charge in [-0.2, -0.15) is 0 Å². The number of allylic oxidation sites excluding steroid dienone is 1. The van der Waals surface area contributed by atoms with Crippen LogP contribution in [0.4, 0.5) is 0 Å². The van der Waals surface area contributed by atoms with Crippen LogP contribution in [0.15, 0.2) is 10.3 Å². The van der Waals surface area contributed by atoms with Crippen LogP contribution >= 0.6 is 23.5 Å². The molecule has 0 aromatic rings. The van der Waals surface area contributed by atoms with Crippen molar-refractivity contribution in [3.05, 3.63) is 10.3 Å². The average Bonchev–Trinajstić information content (AvgIpc) is 1.98. The molecule has 0 aromatic carbocycles. The van der Waals surface area contributed by atoms with E-state index in [0.717, 1.165) is 4.24 Å². The molecule has 12 heavy (non-hydrogen) atoms. The molecular weight excluding hydrogens is 192 g/mol. The molecule has 4 heteroatoms. The minimum absolute atomic E-state index is 0.0185. The monoisotopic (exact) mass is 204 g/mol. The zero-order valence-corrected chi connectivity index (χ0v) is 9.05. The molecule has 0 unspecified atom stereocenters. The van der Waals surface area contributed by atoms with E-state index in [1.807, 2.05) is 12.5 Å². The Morgan fingerprint density at radius 1 is 1.25 bits per heavy atom. The fourth-order valence-electron chi connectivity index (χ4n) is 0.629. The number of carbonyl (C=O) groups is 2. The average molecular weight is 204 g/mol. The van der Waals surface area contributed by atoms with Gasteiger partial charge in [-0.15, -0.1) is 23.5 Å². The van der Waals surface area contributed by atoms with Crippen molar-refractivity contribution in [3.63, 3.8) is 0 Å². The minimum atomic E-state index is -0.110. The van der Waals surface area contributed by atoms with Gasteiger partial charge in [0.05, 0.1) is 6.42 Å². The van der Waals surface area contributed by atoms with Crippen molar-refractivity contribution < 1.29 is 9.59 Å². The number of thioether (sulfide) groups is 2. The summed E-state index contributed by atoms with van der Waals surface area (Å²) in [6.07, 6.45) is 5.36. The number of rotatable bonds is 5. The Labute approximate surface area is 81.2 Å². The van der Waals surface area contributed by atoms with Gasteiger partial charge in [0.1, 0.15) is 5.78 Å². The molecule has 0 saturated heterocycles. The summed E-state index contributed by atoms with van der Waals surface area (Å²) < 4.78 is 0.946. The number of hydrogen-bond acceptors (Lipinski definition) is 4. The molecule has 0 aliphatic carbocycles. The number of hydrogen-bond donors (Lipinski definition) is 0. The molecular formula is C8H12O2S2. The molecule has 0 aliphatic rings. The van der Waals surface area contributed by atoms with E-state index in [-0.39, 0.29) is 18.0 Å². The van der Waals surface area contributed by atoms with Crippen LogP contribution in [0.2, 0.25) is 0 Å². The van der Waals surface area contributed by atoms with Crippen LogP contribution in [-0.4, -0.2) is 24.1 Å². The Hall–Kier alpha value is -0.220. The largest absolute Gasteiger partial charge is 0.300 e. The highest BCUT2D eigenvalue weighted by molar-refractivity contribution is 8.21.